The summed E-state index contributed by atoms with van der Waals surface area (Å²) in [6, 6.07) is 1.52. The van der Waals surface area contributed by atoms with E-state index < -0.39 is 0 Å². The lowest BCUT2D eigenvalue weighted by Gasteiger charge is -2.36. The Morgan fingerprint density at radius 1 is 0.674 bits per heavy atom. The number of Topliss-reactive ketones (excluding diaryl/α,β-unsaturated/α-hetero) is 1. The Bertz CT molecular complexity index is 994. The van der Waals surface area contributed by atoms with Gasteiger partial charge >= 0.3 is 18.3 Å². The van der Waals surface area contributed by atoms with Crippen molar-refractivity contribution in [2.75, 3.05) is 19.8 Å². The van der Waals surface area contributed by atoms with Crippen molar-refractivity contribution in [2.45, 2.75) is 140 Å². The van der Waals surface area contributed by atoms with Gasteiger partial charge < -0.3 is 39.9 Å². The third-order valence-electron chi connectivity index (χ3n) is 9.46. The van der Waals surface area contributed by atoms with Crippen molar-refractivity contribution in [1.82, 2.24) is 14.7 Å². The molecule has 13 heteroatoms. The zero-order chi connectivity index (χ0) is 31.1. The highest BCUT2D eigenvalue weighted by molar-refractivity contribution is 5.88. The van der Waals surface area contributed by atoms with Crippen LogP contribution in [0.2, 0.25) is 0 Å². The Kier molecular flexibility index (Phi) is 11.5. The molecule has 242 valence electrons. The van der Waals surface area contributed by atoms with Gasteiger partial charge in [-0.3, -0.25) is 4.79 Å². The molecule has 6 bridgehead atoms. The van der Waals surface area contributed by atoms with Crippen molar-refractivity contribution in [3.05, 3.63) is 0 Å². The maximum atomic E-state index is 11.7. The smallest absolute Gasteiger partial charge is 0.410 e. The molecule has 43 heavy (non-hydrogen) atoms. The van der Waals surface area contributed by atoms with Crippen molar-refractivity contribution < 1.29 is 38.6 Å². The van der Waals surface area contributed by atoms with Crippen LogP contribution in [0.5, 0.6) is 0 Å². The molecule has 0 aromatic rings. The summed E-state index contributed by atoms with van der Waals surface area (Å²) in [4.78, 5) is 51.6. The van der Waals surface area contributed by atoms with Gasteiger partial charge in [0.1, 0.15) is 5.78 Å². The molecule has 6 heterocycles. The zero-order valence-electron chi connectivity index (χ0n) is 25.8. The molecule has 6 aliphatic rings. The number of piperidine rings is 3. The minimum Gasteiger partial charge on any atom is -0.450 e. The molecule has 6 aliphatic heterocycles. The van der Waals surface area contributed by atoms with Gasteiger partial charge in [-0.05, 0) is 72.1 Å². The lowest BCUT2D eigenvalue weighted by molar-refractivity contribution is -0.123. The van der Waals surface area contributed by atoms with Crippen LogP contribution in [0.25, 0.3) is 0 Å². The highest BCUT2D eigenvalue weighted by atomic mass is 16.6. The average Bonchev–Trinajstić information content (AvgIpc) is 3.52. The van der Waals surface area contributed by atoms with Crippen LogP contribution >= 0.6 is 0 Å². The first-order valence-corrected chi connectivity index (χ1v) is 16.0. The molecule has 0 aliphatic carbocycles. The van der Waals surface area contributed by atoms with Crippen molar-refractivity contribution in [3.63, 3.8) is 0 Å². The first kappa shape index (κ1) is 32.8. The Morgan fingerprint density at radius 3 is 1.35 bits per heavy atom. The van der Waals surface area contributed by atoms with Gasteiger partial charge in [0, 0.05) is 68.0 Å². The number of hydrogen-bond acceptors (Lipinski definition) is 10. The van der Waals surface area contributed by atoms with E-state index in [9.17, 15) is 19.2 Å². The van der Waals surface area contributed by atoms with E-state index in [0.29, 0.717) is 57.6 Å². The number of fused-ring (bicyclic) bond motifs is 6. The molecular formula is C30H49N5O8. The molecule has 0 aromatic heterocycles. The third kappa shape index (κ3) is 7.71. The number of amides is 3. The number of rotatable bonds is 3. The van der Waals surface area contributed by atoms with Gasteiger partial charge in [-0.25, -0.2) is 14.4 Å². The highest BCUT2D eigenvalue weighted by Crippen LogP contribution is 2.36. The molecule has 6 fully saturated rings. The average molecular weight is 608 g/mol. The largest absolute Gasteiger partial charge is 0.450 e. The summed E-state index contributed by atoms with van der Waals surface area (Å²) >= 11 is 0. The van der Waals surface area contributed by atoms with E-state index in [0.717, 1.165) is 57.1 Å². The Labute approximate surface area is 254 Å². The van der Waals surface area contributed by atoms with Gasteiger partial charge in [0.05, 0.1) is 25.5 Å². The van der Waals surface area contributed by atoms with E-state index in [1.165, 1.54) is 0 Å². The van der Waals surface area contributed by atoms with Gasteiger partial charge in [-0.2, -0.15) is 0 Å². The summed E-state index contributed by atoms with van der Waals surface area (Å²) in [6.07, 6.45) is 9.76. The zero-order valence-corrected chi connectivity index (χ0v) is 25.8. The van der Waals surface area contributed by atoms with Crippen LogP contribution in [0.1, 0.15) is 97.8 Å². The van der Waals surface area contributed by atoms with E-state index in [1.807, 2.05) is 23.6 Å². The maximum Gasteiger partial charge on any atom is 0.410 e. The number of carbonyl (C=O) groups excluding carboxylic acids is 4. The molecule has 3 amide bonds. The Hall–Kier alpha value is -3.09. The summed E-state index contributed by atoms with van der Waals surface area (Å²) in [5.74, 6) is 0.290. The third-order valence-corrected chi connectivity index (χ3v) is 9.46. The van der Waals surface area contributed by atoms with E-state index in [1.54, 1.807) is 11.8 Å². The molecule has 13 nitrogen and oxygen atoms in total. The molecule has 6 rings (SSSR count). The molecule has 0 saturated carbocycles. The molecule has 0 spiro atoms. The number of carbonyl (C=O) groups is 4. The van der Waals surface area contributed by atoms with Crippen LogP contribution in [0.4, 0.5) is 14.4 Å². The van der Waals surface area contributed by atoms with Crippen molar-refractivity contribution >= 4 is 29.8 Å². The van der Waals surface area contributed by atoms with Crippen LogP contribution in [0.3, 0.4) is 0 Å². The molecular weight excluding hydrogens is 558 g/mol. The minimum atomic E-state index is -0.243. The first-order chi connectivity index (χ1) is 20.7. The van der Waals surface area contributed by atoms with Crippen molar-refractivity contribution in [3.8, 4) is 0 Å². The summed E-state index contributed by atoms with van der Waals surface area (Å²) in [7, 11) is 0. The predicted octanol–water partition coefficient (Wildman–Crippen LogP) is 4.04. The van der Waals surface area contributed by atoms with Crippen molar-refractivity contribution in [2.24, 2.45) is 10.9 Å². The predicted molar refractivity (Wildman–Crippen MR) is 157 cm³/mol. The second-order valence-electron chi connectivity index (χ2n) is 12.2. The number of hydrogen-bond donors (Lipinski definition) is 2. The number of ketones is 1. The summed E-state index contributed by atoms with van der Waals surface area (Å²) in [6.45, 7) is 6.73. The quantitative estimate of drug-likeness (QED) is 0.274. The number of nitrogens with two attached hydrogens (primary N) is 1. The maximum absolute atomic E-state index is 11.7. The molecule has 0 radical (unpaired) electrons. The van der Waals surface area contributed by atoms with E-state index in [-0.39, 0.29) is 54.3 Å². The topological polar surface area (TPSA) is 164 Å². The van der Waals surface area contributed by atoms with E-state index in [4.69, 9.17) is 25.2 Å². The van der Waals surface area contributed by atoms with Crippen molar-refractivity contribution in [1.29, 1.82) is 0 Å². The summed E-state index contributed by atoms with van der Waals surface area (Å²) in [5.41, 5.74) is 6.72. The van der Waals surface area contributed by atoms with Gasteiger partial charge in [0.2, 0.25) is 0 Å². The SMILES string of the molecule is CCOC(=O)N1C2CCC1CC(=NO)C2.CCOC(=O)N1C2CCC1CC(=O)C2.CCOC(=O)N1C2CCC1CC(N)C2. The lowest BCUT2D eigenvalue weighted by Crippen LogP contribution is -2.50. The van der Waals surface area contributed by atoms with E-state index >= 15 is 0 Å². The first-order valence-electron chi connectivity index (χ1n) is 16.0. The van der Waals surface area contributed by atoms with Crippen LogP contribution in [0.15, 0.2) is 5.16 Å². The van der Waals surface area contributed by atoms with Gasteiger partial charge in [0.15, 0.2) is 0 Å². The highest BCUT2D eigenvalue weighted by Gasteiger charge is 2.45. The number of oxime groups is 1. The van der Waals surface area contributed by atoms with Gasteiger partial charge in [-0.1, -0.05) is 5.16 Å². The molecule has 6 atom stereocenters. The van der Waals surface area contributed by atoms with Crippen LogP contribution in [-0.4, -0.2) is 112 Å². The molecule has 0 aromatic carbocycles. The van der Waals surface area contributed by atoms with Crippen LogP contribution in [-0.2, 0) is 19.0 Å². The molecule has 6 saturated heterocycles. The molecule has 6 unspecified atom stereocenters. The number of ether oxygens (including phenoxy) is 3. The summed E-state index contributed by atoms with van der Waals surface area (Å²) in [5, 5.41) is 12.0. The standard InChI is InChI=1S/C10H16N2O3.C10H18N2O2.C10H15NO3/c1-2-15-10(13)12-8-3-4-9(12)6-7(5-8)11-14;1-2-14-10(13)12-8-3-4-9(12)6-7(11)5-8;1-2-14-10(13)11-7-3-4-8(11)6-9(12)5-7/h8-9,14H,2-6H2,1H3;7-9H,2-6,11H2,1H3;7-8H,2-6H2,1H3. The van der Waals surface area contributed by atoms with Crippen LogP contribution < -0.4 is 5.73 Å². The monoisotopic (exact) mass is 607 g/mol. The van der Waals surface area contributed by atoms with Gasteiger partial charge in [0.25, 0.3) is 0 Å². The Morgan fingerprint density at radius 2 is 1.00 bits per heavy atom. The fraction of sp³-hybridized carbons (Fsp3) is 0.833. The fourth-order valence-corrected chi connectivity index (χ4v) is 7.75. The Balaban J connectivity index is 0.000000148. The second kappa shape index (κ2) is 15.1. The second-order valence-corrected chi connectivity index (χ2v) is 12.2. The van der Waals surface area contributed by atoms with Gasteiger partial charge in [-0.15, -0.1) is 0 Å². The fourth-order valence-electron chi connectivity index (χ4n) is 7.75. The normalized spacial score (nSPS) is 31.8. The lowest BCUT2D eigenvalue weighted by atomic mass is 9.99. The van der Waals surface area contributed by atoms with Crippen LogP contribution in [0, 0.1) is 0 Å². The summed E-state index contributed by atoms with van der Waals surface area (Å²) < 4.78 is 15.0. The van der Waals surface area contributed by atoms with E-state index in [2.05, 4.69) is 5.16 Å². The molecule has 3 N–H and O–H groups in total. The minimum absolute atomic E-state index is 0.111. The number of nitrogens with zero attached hydrogens (tertiary/aromatic N) is 4.